The molecule has 4 heteroatoms. The third kappa shape index (κ3) is 2.27. The van der Waals surface area contributed by atoms with Crippen LogP contribution in [0.1, 0.15) is 11.1 Å². The van der Waals surface area contributed by atoms with E-state index in [1.165, 1.54) is 5.41 Å². The molecule has 2 aromatic carbocycles. The van der Waals surface area contributed by atoms with Crippen LogP contribution in [0.4, 0.5) is 0 Å². The molecular weight excluding hydrogens is 260 g/mol. The molecule has 3 nitrogen and oxygen atoms in total. The van der Waals surface area contributed by atoms with Gasteiger partial charge in [-0.3, -0.25) is 0 Å². The van der Waals surface area contributed by atoms with Gasteiger partial charge >= 0.3 is 0 Å². The molecule has 1 heterocycles. The maximum atomic E-state index is 11.9. The molecule has 1 aliphatic heterocycles. The summed E-state index contributed by atoms with van der Waals surface area (Å²) >= 11 is 0. The van der Waals surface area contributed by atoms with Crippen LogP contribution in [-0.4, -0.2) is 8.42 Å². The highest BCUT2D eigenvalue weighted by atomic mass is 32.2. The first-order chi connectivity index (χ1) is 9.17. The van der Waals surface area contributed by atoms with Gasteiger partial charge in [0.1, 0.15) is 12.4 Å². The second-order valence-electron chi connectivity index (χ2n) is 4.30. The lowest BCUT2D eigenvalue weighted by molar-refractivity contribution is 0.264. The topological polar surface area (TPSA) is 43.4 Å². The molecule has 0 amide bonds. The molecule has 1 aliphatic rings. The van der Waals surface area contributed by atoms with Gasteiger partial charge in [-0.15, -0.1) is 0 Å². The first-order valence-corrected chi connectivity index (χ1v) is 7.44. The lowest BCUT2D eigenvalue weighted by Gasteiger charge is -2.07. The highest BCUT2D eigenvalue weighted by Gasteiger charge is 2.27. The monoisotopic (exact) mass is 272 g/mol. The summed E-state index contributed by atoms with van der Waals surface area (Å²) in [7, 11) is -3.35. The standard InChI is InChI=1S/C15H12O3S/c16-19(17)11-14(13-8-4-5-9-15(13)19)18-10-12-6-2-1-3-7-12/h1-9,11H,10H2. The van der Waals surface area contributed by atoms with E-state index in [4.69, 9.17) is 4.74 Å². The maximum Gasteiger partial charge on any atom is 0.204 e. The number of hydrogen-bond acceptors (Lipinski definition) is 3. The third-order valence-electron chi connectivity index (χ3n) is 2.96. The summed E-state index contributed by atoms with van der Waals surface area (Å²) in [6, 6.07) is 16.5. The summed E-state index contributed by atoms with van der Waals surface area (Å²) in [4.78, 5) is 0.318. The summed E-state index contributed by atoms with van der Waals surface area (Å²) in [6.07, 6.45) is 0. The molecule has 0 saturated carbocycles. The van der Waals surface area contributed by atoms with Crippen LogP contribution in [0.15, 0.2) is 64.9 Å². The Morgan fingerprint density at radius 3 is 2.37 bits per heavy atom. The van der Waals surface area contributed by atoms with Crippen molar-refractivity contribution < 1.29 is 13.2 Å². The van der Waals surface area contributed by atoms with Crippen LogP contribution in [0.5, 0.6) is 0 Å². The van der Waals surface area contributed by atoms with Crippen LogP contribution in [0.25, 0.3) is 5.76 Å². The van der Waals surface area contributed by atoms with Crippen molar-refractivity contribution in [2.75, 3.05) is 0 Å². The SMILES string of the molecule is O=S1(=O)C=C(OCc2ccccc2)c2ccccc21. The molecule has 0 N–H and O–H groups in total. The Kier molecular flexibility index (Phi) is 2.87. The van der Waals surface area contributed by atoms with E-state index >= 15 is 0 Å². The zero-order valence-electron chi connectivity index (χ0n) is 10.1. The summed E-state index contributed by atoms with van der Waals surface area (Å²) in [5.41, 5.74) is 1.64. The van der Waals surface area contributed by atoms with Gasteiger partial charge < -0.3 is 4.74 Å². The predicted molar refractivity (Wildman–Crippen MR) is 72.8 cm³/mol. The fourth-order valence-electron chi connectivity index (χ4n) is 2.03. The van der Waals surface area contributed by atoms with Gasteiger partial charge in [-0.1, -0.05) is 42.5 Å². The van der Waals surface area contributed by atoms with Crippen molar-refractivity contribution in [3.8, 4) is 0 Å². The van der Waals surface area contributed by atoms with Crippen molar-refractivity contribution in [2.24, 2.45) is 0 Å². The first kappa shape index (κ1) is 12.0. The Balaban J connectivity index is 1.87. The molecule has 0 fully saturated rings. The Bertz CT molecular complexity index is 731. The number of fused-ring (bicyclic) bond motifs is 1. The molecule has 0 aromatic heterocycles. The minimum atomic E-state index is -3.35. The number of benzene rings is 2. The van der Waals surface area contributed by atoms with Crippen LogP contribution in [0.3, 0.4) is 0 Å². The number of hydrogen-bond donors (Lipinski definition) is 0. The van der Waals surface area contributed by atoms with E-state index in [1.54, 1.807) is 24.3 Å². The van der Waals surface area contributed by atoms with E-state index in [0.29, 0.717) is 22.8 Å². The van der Waals surface area contributed by atoms with E-state index in [1.807, 2.05) is 30.3 Å². The van der Waals surface area contributed by atoms with Crippen molar-refractivity contribution in [3.63, 3.8) is 0 Å². The average Bonchev–Trinajstić information content (AvgIpc) is 2.70. The smallest absolute Gasteiger partial charge is 0.204 e. The van der Waals surface area contributed by atoms with Crippen LogP contribution in [-0.2, 0) is 21.2 Å². The second-order valence-corrected chi connectivity index (χ2v) is 6.06. The third-order valence-corrected chi connectivity index (χ3v) is 4.45. The minimum absolute atomic E-state index is 0.318. The zero-order valence-corrected chi connectivity index (χ0v) is 10.9. The predicted octanol–water partition coefficient (Wildman–Crippen LogP) is 2.99. The van der Waals surface area contributed by atoms with Gasteiger partial charge in [0.15, 0.2) is 0 Å². The fourth-order valence-corrected chi connectivity index (χ4v) is 3.38. The number of sulfone groups is 1. The van der Waals surface area contributed by atoms with Crippen LogP contribution >= 0.6 is 0 Å². The normalized spacial score (nSPS) is 15.7. The van der Waals surface area contributed by atoms with Gasteiger partial charge in [0.25, 0.3) is 0 Å². The van der Waals surface area contributed by atoms with Crippen LogP contribution in [0, 0.1) is 0 Å². The van der Waals surface area contributed by atoms with E-state index in [9.17, 15) is 8.42 Å². The quantitative estimate of drug-likeness (QED) is 0.862. The minimum Gasteiger partial charge on any atom is -0.487 e. The van der Waals surface area contributed by atoms with Crippen molar-refractivity contribution in [3.05, 3.63) is 71.1 Å². The van der Waals surface area contributed by atoms with Gasteiger partial charge in [-0.2, -0.15) is 0 Å². The Morgan fingerprint density at radius 1 is 0.895 bits per heavy atom. The molecule has 0 spiro atoms. The van der Waals surface area contributed by atoms with E-state index in [-0.39, 0.29) is 0 Å². The summed E-state index contributed by atoms with van der Waals surface area (Å²) in [5.74, 6) is 0.416. The lowest BCUT2D eigenvalue weighted by atomic mass is 10.2. The summed E-state index contributed by atoms with van der Waals surface area (Å²) in [6.45, 7) is 0.358. The lowest BCUT2D eigenvalue weighted by Crippen LogP contribution is -1.93. The second kappa shape index (κ2) is 4.55. The molecule has 19 heavy (non-hydrogen) atoms. The van der Waals surface area contributed by atoms with Crippen LogP contribution in [0.2, 0.25) is 0 Å². The van der Waals surface area contributed by atoms with Crippen molar-refractivity contribution in [1.82, 2.24) is 0 Å². The highest BCUT2D eigenvalue weighted by molar-refractivity contribution is 7.94. The van der Waals surface area contributed by atoms with Gasteiger partial charge in [0.05, 0.1) is 10.3 Å². The molecule has 96 valence electrons. The van der Waals surface area contributed by atoms with Gasteiger partial charge in [-0.25, -0.2) is 8.42 Å². The van der Waals surface area contributed by atoms with E-state index in [2.05, 4.69) is 0 Å². The Hall–Kier alpha value is -2.07. The Morgan fingerprint density at radius 2 is 1.58 bits per heavy atom. The number of rotatable bonds is 3. The molecule has 0 saturated heterocycles. The maximum absolute atomic E-state index is 11.9. The fraction of sp³-hybridized carbons (Fsp3) is 0.0667. The Labute approximate surface area is 112 Å². The van der Waals surface area contributed by atoms with Crippen LogP contribution < -0.4 is 0 Å². The molecule has 0 radical (unpaired) electrons. The molecular formula is C15H12O3S. The molecule has 0 atom stereocenters. The van der Waals surface area contributed by atoms with Crippen molar-refractivity contribution in [1.29, 1.82) is 0 Å². The molecule has 0 unspecified atom stereocenters. The van der Waals surface area contributed by atoms with Crippen molar-refractivity contribution in [2.45, 2.75) is 11.5 Å². The van der Waals surface area contributed by atoms with E-state index in [0.717, 1.165) is 5.56 Å². The average molecular weight is 272 g/mol. The van der Waals surface area contributed by atoms with Gasteiger partial charge in [-0.05, 0) is 17.7 Å². The first-order valence-electron chi connectivity index (χ1n) is 5.90. The summed E-state index contributed by atoms with van der Waals surface area (Å²) < 4.78 is 29.5. The molecule has 3 rings (SSSR count). The van der Waals surface area contributed by atoms with Gasteiger partial charge in [0, 0.05) is 5.56 Å². The van der Waals surface area contributed by atoms with Gasteiger partial charge in [0.2, 0.25) is 9.84 Å². The zero-order chi connectivity index (χ0) is 13.3. The molecule has 2 aromatic rings. The molecule has 0 bridgehead atoms. The largest absolute Gasteiger partial charge is 0.487 e. The van der Waals surface area contributed by atoms with E-state index < -0.39 is 9.84 Å². The number of ether oxygens (including phenoxy) is 1. The molecule has 0 aliphatic carbocycles. The summed E-state index contributed by atoms with van der Waals surface area (Å²) in [5, 5.41) is 1.20. The van der Waals surface area contributed by atoms with Crippen molar-refractivity contribution >= 4 is 15.6 Å². The highest BCUT2D eigenvalue weighted by Crippen LogP contribution is 2.34.